The number of amides is 1. The van der Waals surface area contributed by atoms with Crippen molar-refractivity contribution in [3.8, 4) is 6.07 Å². The molecule has 0 atom stereocenters. The fourth-order valence-corrected chi connectivity index (χ4v) is 2.32. The van der Waals surface area contributed by atoms with Crippen molar-refractivity contribution < 1.29 is 4.79 Å². The molecule has 0 aromatic heterocycles. The van der Waals surface area contributed by atoms with Gasteiger partial charge in [-0.1, -0.05) is 15.9 Å². The van der Waals surface area contributed by atoms with Crippen LogP contribution in [0.15, 0.2) is 46.9 Å². The summed E-state index contributed by atoms with van der Waals surface area (Å²) >= 11 is 3.39. The summed E-state index contributed by atoms with van der Waals surface area (Å²) in [6.07, 6.45) is 0. The molecule has 0 saturated heterocycles. The van der Waals surface area contributed by atoms with Crippen LogP contribution in [-0.2, 0) is 0 Å². The van der Waals surface area contributed by atoms with Gasteiger partial charge in [0, 0.05) is 15.7 Å². The Bertz CT molecular complexity index is 637. The van der Waals surface area contributed by atoms with Crippen LogP contribution in [0, 0.1) is 18.3 Å². The third-order valence-electron chi connectivity index (χ3n) is 2.58. The van der Waals surface area contributed by atoms with Gasteiger partial charge in [0.25, 0.3) is 5.91 Å². The number of nitrogens with one attached hydrogen (secondary N) is 1. The number of carbonyl (C=O) groups is 1. The highest BCUT2D eigenvalue weighted by Crippen LogP contribution is 2.19. The highest BCUT2D eigenvalue weighted by molar-refractivity contribution is 9.10. The summed E-state index contributed by atoms with van der Waals surface area (Å²) in [6, 6.07) is 14.3. The lowest BCUT2D eigenvalue weighted by Crippen LogP contribution is -2.11. The average molecular weight is 315 g/mol. The van der Waals surface area contributed by atoms with Gasteiger partial charge in [-0.05, 0) is 55.0 Å². The molecule has 1 N–H and O–H groups in total. The molecule has 2 aromatic carbocycles. The van der Waals surface area contributed by atoms with Crippen LogP contribution in [0.25, 0.3) is 0 Å². The van der Waals surface area contributed by atoms with Crippen LogP contribution >= 0.6 is 15.9 Å². The van der Waals surface area contributed by atoms with Crippen molar-refractivity contribution in [2.75, 3.05) is 5.32 Å². The number of benzene rings is 2. The van der Waals surface area contributed by atoms with Crippen LogP contribution in [0.1, 0.15) is 21.5 Å². The molecule has 0 saturated carbocycles. The van der Waals surface area contributed by atoms with E-state index in [2.05, 4.69) is 21.2 Å². The predicted octanol–water partition coefficient (Wildman–Crippen LogP) is 3.88. The van der Waals surface area contributed by atoms with Crippen molar-refractivity contribution in [3.05, 3.63) is 63.6 Å². The lowest BCUT2D eigenvalue weighted by Gasteiger charge is -2.07. The maximum Gasteiger partial charge on any atom is 0.255 e. The van der Waals surface area contributed by atoms with Crippen molar-refractivity contribution in [2.45, 2.75) is 6.92 Å². The summed E-state index contributed by atoms with van der Waals surface area (Å²) in [5, 5.41) is 11.5. The maximum atomic E-state index is 12.0. The molecule has 0 aliphatic rings. The van der Waals surface area contributed by atoms with Crippen molar-refractivity contribution in [2.24, 2.45) is 0 Å². The topological polar surface area (TPSA) is 52.9 Å². The Morgan fingerprint density at radius 1 is 1.21 bits per heavy atom. The van der Waals surface area contributed by atoms with Crippen LogP contribution in [0.5, 0.6) is 0 Å². The first-order valence-corrected chi connectivity index (χ1v) is 6.46. The Morgan fingerprint density at radius 3 is 2.47 bits per heavy atom. The molecule has 4 heteroatoms. The highest BCUT2D eigenvalue weighted by Gasteiger charge is 2.06. The number of carbonyl (C=O) groups excluding carboxylic acids is 1. The lowest BCUT2D eigenvalue weighted by atomic mass is 10.1. The molecule has 0 unspecified atom stereocenters. The highest BCUT2D eigenvalue weighted by atomic mass is 79.9. The molecule has 0 radical (unpaired) electrons. The Labute approximate surface area is 120 Å². The Morgan fingerprint density at radius 2 is 1.89 bits per heavy atom. The molecule has 3 nitrogen and oxygen atoms in total. The van der Waals surface area contributed by atoms with Gasteiger partial charge < -0.3 is 5.32 Å². The van der Waals surface area contributed by atoms with E-state index >= 15 is 0 Å². The minimum absolute atomic E-state index is 0.193. The second kappa shape index (κ2) is 5.68. The molecule has 1 amide bonds. The number of anilines is 1. The van der Waals surface area contributed by atoms with Crippen molar-refractivity contribution in [3.63, 3.8) is 0 Å². The summed E-state index contributed by atoms with van der Waals surface area (Å²) in [5.74, 6) is -0.193. The molecule has 19 heavy (non-hydrogen) atoms. The normalized spacial score (nSPS) is 9.74. The first kappa shape index (κ1) is 13.3. The second-order valence-corrected chi connectivity index (χ2v) is 5.08. The standard InChI is InChI=1S/C15H11BrN2O/c1-10-6-13(16)8-14(7-10)18-15(19)12-4-2-11(9-17)3-5-12/h2-8H,1H3,(H,18,19). The van der Waals surface area contributed by atoms with Gasteiger partial charge in [0.2, 0.25) is 0 Å². The van der Waals surface area contributed by atoms with Crippen LogP contribution < -0.4 is 5.32 Å². The van der Waals surface area contributed by atoms with Crippen LogP contribution in [-0.4, -0.2) is 5.91 Å². The third-order valence-corrected chi connectivity index (χ3v) is 3.03. The molecule has 0 spiro atoms. The van der Waals surface area contributed by atoms with Gasteiger partial charge in [0.05, 0.1) is 11.6 Å². The summed E-state index contributed by atoms with van der Waals surface area (Å²) in [6.45, 7) is 1.96. The van der Waals surface area contributed by atoms with E-state index in [1.54, 1.807) is 24.3 Å². The first-order valence-electron chi connectivity index (χ1n) is 5.67. The number of hydrogen-bond donors (Lipinski definition) is 1. The number of nitrogens with zero attached hydrogens (tertiary/aromatic N) is 1. The molecule has 0 aliphatic heterocycles. The number of halogens is 1. The number of hydrogen-bond acceptors (Lipinski definition) is 2. The van der Waals surface area contributed by atoms with Gasteiger partial charge in [-0.3, -0.25) is 4.79 Å². The van der Waals surface area contributed by atoms with Gasteiger partial charge in [-0.25, -0.2) is 0 Å². The van der Waals surface area contributed by atoms with Crippen molar-refractivity contribution in [1.82, 2.24) is 0 Å². The summed E-state index contributed by atoms with van der Waals surface area (Å²) in [7, 11) is 0. The zero-order valence-electron chi connectivity index (χ0n) is 10.3. The Hall–Kier alpha value is -2.12. The molecular formula is C15H11BrN2O. The van der Waals surface area contributed by atoms with Crippen LogP contribution in [0.3, 0.4) is 0 Å². The number of rotatable bonds is 2. The van der Waals surface area contributed by atoms with Gasteiger partial charge >= 0.3 is 0 Å². The van der Waals surface area contributed by atoms with E-state index in [1.807, 2.05) is 31.2 Å². The van der Waals surface area contributed by atoms with E-state index in [1.165, 1.54) is 0 Å². The molecule has 94 valence electrons. The smallest absolute Gasteiger partial charge is 0.255 e. The van der Waals surface area contributed by atoms with Gasteiger partial charge in [0.1, 0.15) is 0 Å². The predicted molar refractivity (Wildman–Crippen MR) is 78.0 cm³/mol. The van der Waals surface area contributed by atoms with E-state index in [4.69, 9.17) is 5.26 Å². The summed E-state index contributed by atoms with van der Waals surface area (Å²) in [5.41, 5.74) is 2.86. The monoisotopic (exact) mass is 314 g/mol. The largest absolute Gasteiger partial charge is 0.322 e. The first-order chi connectivity index (χ1) is 9.08. The minimum Gasteiger partial charge on any atom is -0.322 e. The third kappa shape index (κ3) is 3.43. The molecule has 2 aromatic rings. The van der Waals surface area contributed by atoms with Crippen molar-refractivity contribution in [1.29, 1.82) is 5.26 Å². The zero-order valence-corrected chi connectivity index (χ0v) is 11.9. The average Bonchev–Trinajstić information content (AvgIpc) is 2.37. The molecule has 0 heterocycles. The van der Waals surface area contributed by atoms with Gasteiger partial charge in [-0.15, -0.1) is 0 Å². The summed E-state index contributed by atoms with van der Waals surface area (Å²) < 4.78 is 0.919. The molecule has 0 aliphatic carbocycles. The van der Waals surface area contributed by atoms with Gasteiger partial charge in [-0.2, -0.15) is 5.26 Å². The minimum atomic E-state index is -0.193. The number of nitriles is 1. The molecule has 0 fully saturated rings. The SMILES string of the molecule is Cc1cc(Br)cc(NC(=O)c2ccc(C#N)cc2)c1. The lowest BCUT2D eigenvalue weighted by molar-refractivity contribution is 0.102. The Kier molecular flexibility index (Phi) is 3.98. The van der Waals surface area contributed by atoms with Gasteiger partial charge in [0.15, 0.2) is 0 Å². The van der Waals surface area contributed by atoms with E-state index in [9.17, 15) is 4.79 Å². The quantitative estimate of drug-likeness (QED) is 0.914. The van der Waals surface area contributed by atoms with E-state index < -0.39 is 0 Å². The van der Waals surface area contributed by atoms with E-state index in [0.717, 1.165) is 15.7 Å². The van der Waals surface area contributed by atoms with Crippen molar-refractivity contribution >= 4 is 27.5 Å². The molecular weight excluding hydrogens is 304 g/mol. The fourth-order valence-electron chi connectivity index (χ4n) is 1.71. The van der Waals surface area contributed by atoms with E-state index in [-0.39, 0.29) is 5.91 Å². The molecule has 0 bridgehead atoms. The number of aryl methyl sites for hydroxylation is 1. The van der Waals surface area contributed by atoms with E-state index in [0.29, 0.717) is 11.1 Å². The molecule has 2 rings (SSSR count). The zero-order chi connectivity index (χ0) is 13.8. The second-order valence-electron chi connectivity index (χ2n) is 4.16. The maximum absolute atomic E-state index is 12.0. The van der Waals surface area contributed by atoms with Crippen LogP contribution in [0.4, 0.5) is 5.69 Å². The Balaban J connectivity index is 2.18. The fraction of sp³-hybridized carbons (Fsp3) is 0.0667. The summed E-state index contributed by atoms with van der Waals surface area (Å²) in [4.78, 5) is 12.0. The van der Waals surface area contributed by atoms with Crippen LogP contribution in [0.2, 0.25) is 0 Å².